The molecule has 20 heavy (non-hydrogen) atoms. The number of allylic oxidation sites excluding steroid dienone is 3. The number of rotatable bonds is 0. The van der Waals surface area contributed by atoms with Gasteiger partial charge >= 0.3 is 0 Å². The van der Waals surface area contributed by atoms with Crippen molar-refractivity contribution in [3.8, 4) is 12.3 Å². The highest BCUT2D eigenvalue weighted by Crippen LogP contribution is 2.52. The number of halogens is 1. The summed E-state index contributed by atoms with van der Waals surface area (Å²) >= 11 is 6.31. The fraction of sp³-hybridized carbons (Fsp3) is 0.235. The van der Waals surface area contributed by atoms with E-state index in [-0.39, 0.29) is 5.78 Å². The molecule has 100 valence electrons. The minimum Gasteiger partial charge on any atom is -0.515 e. The molecular formula is C17H13ClO2. The van der Waals surface area contributed by atoms with Crippen LogP contribution in [0.2, 0.25) is 5.02 Å². The van der Waals surface area contributed by atoms with Gasteiger partial charge < -0.3 is 5.11 Å². The van der Waals surface area contributed by atoms with Gasteiger partial charge in [0.25, 0.3) is 0 Å². The van der Waals surface area contributed by atoms with Crippen molar-refractivity contribution in [1.82, 2.24) is 0 Å². The molecule has 0 bridgehead atoms. The van der Waals surface area contributed by atoms with Crippen molar-refractivity contribution in [2.45, 2.75) is 19.3 Å². The number of aliphatic hydroxyl groups excluding tert-OH is 1. The van der Waals surface area contributed by atoms with Crippen LogP contribution in [0.25, 0.3) is 5.57 Å². The van der Waals surface area contributed by atoms with Gasteiger partial charge in [-0.3, -0.25) is 4.79 Å². The molecule has 2 aliphatic rings. The second-order valence-electron chi connectivity index (χ2n) is 5.25. The van der Waals surface area contributed by atoms with Gasteiger partial charge in [0.2, 0.25) is 0 Å². The van der Waals surface area contributed by atoms with Crippen molar-refractivity contribution in [2.24, 2.45) is 5.41 Å². The highest BCUT2D eigenvalue weighted by Gasteiger charge is 2.43. The van der Waals surface area contributed by atoms with E-state index in [0.29, 0.717) is 17.0 Å². The third-order valence-corrected chi connectivity index (χ3v) is 4.54. The van der Waals surface area contributed by atoms with E-state index >= 15 is 0 Å². The minimum atomic E-state index is -0.541. The zero-order valence-corrected chi connectivity index (χ0v) is 11.6. The molecule has 3 rings (SSSR count). The lowest BCUT2D eigenvalue weighted by molar-refractivity contribution is -0.112. The van der Waals surface area contributed by atoms with Crippen molar-refractivity contribution in [1.29, 1.82) is 0 Å². The first kappa shape index (κ1) is 13.0. The summed E-state index contributed by atoms with van der Waals surface area (Å²) in [5, 5.41) is 9.83. The molecule has 3 heteroatoms. The molecule has 2 nitrogen and oxygen atoms in total. The summed E-state index contributed by atoms with van der Waals surface area (Å²) in [6.45, 7) is 0. The number of aryl methyl sites for hydroxylation is 1. The van der Waals surface area contributed by atoms with Gasteiger partial charge in [-0.2, -0.15) is 0 Å². The van der Waals surface area contributed by atoms with Crippen LogP contribution in [0.1, 0.15) is 24.0 Å². The van der Waals surface area contributed by atoms with E-state index < -0.39 is 5.41 Å². The first-order chi connectivity index (χ1) is 9.61. The summed E-state index contributed by atoms with van der Waals surface area (Å²) in [6.07, 6.45) is 10.1. The molecular weight excluding hydrogens is 272 g/mol. The average molecular weight is 285 g/mol. The van der Waals surface area contributed by atoms with E-state index in [1.807, 2.05) is 18.2 Å². The Kier molecular flexibility index (Phi) is 2.96. The van der Waals surface area contributed by atoms with E-state index in [4.69, 9.17) is 18.0 Å². The Labute approximate surface area is 122 Å². The molecule has 0 amide bonds. The number of hydrogen-bond acceptors (Lipinski definition) is 2. The molecule has 0 heterocycles. The summed E-state index contributed by atoms with van der Waals surface area (Å²) in [5.74, 6) is 2.65. The molecule has 1 N–H and O–H groups in total. The van der Waals surface area contributed by atoms with Gasteiger partial charge in [0.05, 0.1) is 11.7 Å². The first-order valence-corrected chi connectivity index (χ1v) is 6.84. The van der Waals surface area contributed by atoms with Gasteiger partial charge in [-0.15, -0.1) is 6.42 Å². The molecule has 1 unspecified atom stereocenters. The van der Waals surface area contributed by atoms with Crippen LogP contribution in [0.15, 0.2) is 36.1 Å². The van der Waals surface area contributed by atoms with E-state index in [1.165, 1.54) is 6.08 Å². The maximum atomic E-state index is 12.0. The Hall–Kier alpha value is -1.98. The Morgan fingerprint density at radius 3 is 2.95 bits per heavy atom. The van der Waals surface area contributed by atoms with E-state index in [2.05, 4.69) is 5.92 Å². The number of ketones is 1. The smallest absolute Gasteiger partial charge is 0.185 e. The lowest BCUT2D eigenvalue weighted by Crippen LogP contribution is -2.32. The summed E-state index contributed by atoms with van der Waals surface area (Å²) in [7, 11) is 0. The zero-order chi connectivity index (χ0) is 14.3. The van der Waals surface area contributed by atoms with Crippen LogP contribution in [0, 0.1) is 17.8 Å². The molecule has 0 spiro atoms. The molecule has 0 aliphatic heterocycles. The van der Waals surface area contributed by atoms with Gasteiger partial charge in [0.15, 0.2) is 5.78 Å². The topological polar surface area (TPSA) is 37.3 Å². The second-order valence-corrected chi connectivity index (χ2v) is 5.66. The largest absolute Gasteiger partial charge is 0.515 e. The number of fused-ring (bicyclic) bond motifs is 3. The summed E-state index contributed by atoms with van der Waals surface area (Å²) in [4.78, 5) is 12.0. The number of carbonyl (C=O) groups is 1. The normalized spacial score (nSPS) is 26.5. The highest BCUT2D eigenvalue weighted by molar-refractivity contribution is 6.33. The standard InChI is InChI=1S/C17H13ClO2/c1-2-17-7-6-11-4-3-5-14(18)16(11)13(17)8-15(20)12(9-17)10-19/h1,3-5,8,10,19H,6-7,9H2. The van der Waals surface area contributed by atoms with Crippen molar-refractivity contribution in [2.75, 3.05) is 0 Å². The minimum absolute atomic E-state index is 0.193. The molecule has 1 aromatic carbocycles. The Morgan fingerprint density at radius 1 is 1.45 bits per heavy atom. The molecule has 1 aromatic rings. The monoisotopic (exact) mass is 284 g/mol. The molecule has 0 saturated carbocycles. The maximum absolute atomic E-state index is 12.0. The van der Waals surface area contributed by atoms with Crippen molar-refractivity contribution in [3.63, 3.8) is 0 Å². The van der Waals surface area contributed by atoms with E-state index in [0.717, 1.165) is 35.8 Å². The predicted octanol–water partition coefficient (Wildman–Crippen LogP) is 3.70. The van der Waals surface area contributed by atoms with Crippen LogP contribution in [0.3, 0.4) is 0 Å². The number of carbonyl (C=O) groups excluding carboxylic acids is 1. The number of benzene rings is 1. The number of hydrogen-bond donors (Lipinski definition) is 1. The quantitative estimate of drug-likeness (QED) is 0.448. The summed E-state index contributed by atoms with van der Waals surface area (Å²) < 4.78 is 0. The molecule has 0 aromatic heterocycles. The van der Waals surface area contributed by atoms with Gasteiger partial charge in [-0.25, -0.2) is 0 Å². The fourth-order valence-corrected chi connectivity index (χ4v) is 3.44. The highest BCUT2D eigenvalue weighted by atomic mass is 35.5. The van der Waals surface area contributed by atoms with E-state index in [9.17, 15) is 9.90 Å². The Balaban J connectivity index is 2.28. The SMILES string of the molecule is C#CC12CCc3cccc(Cl)c3C1=CC(=O)C(=CO)C2. The van der Waals surface area contributed by atoms with Crippen molar-refractivity contribution >= 4 is 23.0 Å². The van der Waals surface area contributed by atoms with Gasteiger partial charge in [-0.1, -0.05) is 29.7 Å². The maximum Gasteiger partial charge on any atom is 0.185 e. The van der Waals surface area contributed by atoms with Gasteiger partial charge in [0, 0.05) is 16.2 Å². The number of terminal acetylenes is 1. The fourth-order valence-electron chi connectivity index (χ4n) is 3.14. The lowest BCUT2D eigenvalue weighted by atomic mass is 9.62. The van der Waals surface area contributed by atoms with Crippen molar-refractivity contribution in [3.05, 3.63) is 52.3 Å². The Bertz CT molecular complexity index is 706. The summed E-state index contributed by atoms with van der Waals surface area (Å²) in [6, 6.07) is 5.74. The molecule has 0 fully saturated rings. The molecule has 0 radical (unpaired) electrons. The summed E-state index contributed by atoms with van der Waals surface area (Å²) in [5.41, 5.74) is 2.66. The van der Waals surface area contributed by atoms with E-state index in [1.54, 1.807) is 0 Å². The molecule has 2 aliphatic carbocycles. The third kappa shape index (κ3) is 1.71. The van der Waals surface area contributed by atoms with Crippen molar-refractivity contribution < 1.29 is 9.90 Å². The van der Waals surface area contributed by atoms with Crippen LogP contribution in [-0.4, -0.2) is 10.9 Å². The molecule has 0 saturated heterocycles. The van der Waals surface area contributed by atoms with Crippen LogP contribution in [0.4, 0.5) is 0 Å². The first-order valence-electron chi connectivity index (χ1n) is 6.46. The predicted molar refractivity (Wildman–Crippen MR) is 79.4 cm³/mol. The van der Waals surface area contributed by atoms with Gasteiger partial charge in [0.1, 0.15) is 0 Å². The van der Waals surface area contributed by atoms with Crippen LogP contribution < -0.4 is 0 Å². The van der Waals surface area contributed by atoms with Crippen LogP contribution in [-0.2, 0) is 11.2 Å². The third-order valence-electron chi connectivity index (χ3n) is 4.22. The average Bonchev–Trinajstić information content (AvgIpc) is 2.47. The number of aliphatic hydroxyl groups is 1. The lowest BCUT2D eigenvalue weighted by Gasteiger charge is -2.39. The van der Waals surface area contributed by atoms with Gasteiger partial charge in [-0.05, 0) is 42.5 Å². The van der Waals surface area contributed by atoms with Crippen LogP contribution >= 0.6 is 11.6 Å². The zero-order valence-electron chi connectivity index (χ0n) is 10.8. The molecule has 1 atom stereocenters. The van der Waals surface area contributed by atoms with Crippen LogP contribution in [0.5, 0.6) is 0 Å². The Morgan fingerprint density at radius 2 is 2.25 bits per heavy atom. The second kappa shape index (κ2) is 4.54.